The fourth-order valence-corrected chi connectivity index (χ4v) is 0.741. The molecule has 2 heteroatoms. The zero-order valence-electron chi connectivity index (χ0n) is 7.45. The van der Waals surface area contributed by atoms with Gasteiger partial charge in [-0.3, -0.25) is 0 Å². The molecule has 64 valence electrons. The van der Waals surface area contributed by atoms with Crippen LogP contribution in [0.4, 0.5) is 0 Å². The summed E-state index contributed by atoms with van der Waals surface area (Å²) < 4.78 is 4.93. The van der Waals surface area contributed by atoms with E-state index in [-0.39, 0.29) is 0 Å². The highest BCUT2D eigenvalue weighted by Gasteiger charge is 1.84. The van der Waals surface area contributed by atoms with Crippen LogP contribution < -0.4 is 0 Å². The van der Waals surface area contributed by atoms with Crippen molar-refractivity contribution in [1.29, 1.82) is 5.26 Å². The lowest BCUT2D eigenvalue weighted by Crippen LogP contribution is -1.84. The molecule has 0 radical (unpaired) electrons. The van der Waals surface area contributed by atoms with Gasteiger partial charge in [-0.15, -0.1) is 0 Å². The van der Waals surface area contributed by atoms with Crippen molar-refractivity contribution < 1.29 is 4.74 Å². The molecule has 0 amide bonds. The summed E-state index contributed by atoms with van der Waals surface area (Å²) in [6.45, 7) is 2.14. The lowest BCUT2D eigenvalue weighted by molar-refractivity contribution is 0.185. The molecule has 0 unspecified atom stereocenters. The second kappa shape index (κ2) is 7.77. The van der Waals surface area contributed by atoms with Crippen LogP contribution in [0.1, 0.15) is 12.5 Å². The summed E-state index contributed by atoms with van der Waals surface area (Å²) in [5, 5.41) is 7.32. The highest BCUT2D eigenvalue weighted by atomic mass is 16.5. The van der Waals surface area contributed by atoms with Crippen LogP contribution in [-0.2, 0) is 11.3 Å². The predicted molar refractivity (Wildman–Crippen MR) is 48.4 cm³/mol. The first-order valence-corrected chi connectivity index (χ1v) is 3.68. The number of hydrogen-bond acceptors (Lipinski definition) is 2. The summed E-state index contributed by atoms with van der Waals surface area (Å²) in [7, 11) is 1.70. The van der Waals surface area contributed by atoms with Crippen molar-refractivity contribution in [1.82, 2.24) is 0 Å². The number of hydrogen-bond donors (Lipinski definition) is 0. The van der Waals surface area contributed by atoms with Gasteiger partial charge in [0.25, 0.3) is 0 Å². The van der Waals surface area contributed by atoms with E-state index >= 15 is 0 Å². The van der Waals surface area contributed by atoms with Crippen molar-refractivity contribution in [2.24, 2.45) is 0 Å². The van der Waals surface area contributed by atoms with Crippen LogP contribution in [0.5, 0.6) is 0 Å². The second-order valence-corrected chi connectivity index (χ2v) is 2.14. The first-order valence-electron chi connectivity index (χ1n) is 3.68. The van der Waals surface area contributed by atoms with Gasteiger partial charge in [0.05, 0.1) is 12.7 Å². The number of nitrogens with zero attached hydrogens (tertiary/aromatic N) is 1. The monoisotopic (exact) mass is 163 g/mol. The van der Waals surface area contributed by atoms with Gasteiger partial charge in [-0.1, -0.05) is 30.3 Å². The topological polar surface area (TPSA) is 33.0 Å². The fraction of sp³-hybridized carbons (Fsp3) is 0.300. The van der Waals surface area contributed by atoms with Gasteiger partial charge in [-0.2, -0.15) is 5.26 Å². The van der Waals surface area contributed by atoms with E-state index < -0.39 is 0 Å². The molecular formula is C10H13NO. The van der Waals surface area contributed by atoms with E-state index in [1.165, 1.54) is 12.5 Å². The van der Waals surface area contributed by atoms with Crippen molar-refractivity contribution >= 4 is 0 Å². The third-order valence-electron chi connectivity index (χ3n) is 1.15. The number of nitriles is 1. The SMILES string of the molecule is CC#N.COCc1ccccc1. The van der Waals surface area contributed by atoms with Gasteiger partial charge in [0, 0.05) is 14.0 Å². The molecule has 0 aromatic heterocycles. The Morgan fingerprint density at radius 2 is 1.83 bits per heavy atom. The Morgan fingerprint density at radius 1 is 1.33 bits per heavy atom. The highest BCUT2D eigenvalue weighted by Crippen LogP contribution is 1.98. The standard InChI is InChI=1S/C8H10O.C2H3N/c1-9-7-8-5-3-2-4-6-8;1-2-3/h2-6H,7H2,1H3;1H3. The third-order valence-corrected chi connectivity index (χ3v) is 1.15. The number of ether oxygens (including phenoxy) is 1. The van der Waals surface area contributed by atoms with E-state index in [0.29, 0.717) is 6.61 Å². The molecule has 0 fully saturated rings. The van der Waals surface area contributed by atoms with Crippen LogP contribution in [0.15, 0.2) is 30.3 Å². The molecule has 2 nitrogen and oxygen atoms in total. The summed E-state index contributed by atoms with van der Waals surface area (Å²) >= 11 is 0. The van der Waals surface area contributed by atoms with E-state index in [4.69, 9.17) is 10.00 Å². The summed E-state index contributed by atoms with van der Waals surface area (Å²) in [5.74, 6) is 0. The molecule has 0 aliphatic rings. The first kappa shape index (κ1) is 10.7. The van der Waals surface area contributed by atoms with Crippen LogP contribution in [0.25, 0.3) is 0 Å². The minimum absolute atomic E-state index is 0.709. The van der Waals surface area contributed by atoms with Crippen LogP contribution in [0, 0.1) is 11.3 Å². The highest BCUT2D eigenvalue weighted by molar-refractivity contribution is 5.13. The van der Waals surface area contributed by atoms with Gasteiger partial charge >= 0.3 is 0 Å². The van der Waals surface area contributed by atoms with E-state index in [0.717, 1.165) is 0 Å². The minimum atomic E-state index is 0.709. The van der Waals surface area contributed by atoms with Gasteiger partial charge in [0.15, 0.2) is 0 Å². The summed E-state index contributed by atoms with van der Waals surface area (Å²) in [4.78, 5) is 0. The molecule has 0 N–H and O–H groups in total. The van der Waals surface area contributed by atoms with E-state index in [2.05, 4.69) is 0 Å². The molecule has 12 heavy (non-hydrogen) atoms. The van der Waals surface area contributed by atoms with Crippen molar-refractivity contribution in [3.05, 3.63) is 35.9 Å². The third kappa shape index (κ3) is 5.45. The average molecular weight is 163 g/mol. The van der Waals surface area contributed by atoms with E-state index in [1.54, 1.807) is 13.2 Å². The number of methoxy groups -OCH3 is 1. The molecule has 0 aliphatic heterocycles. The molecule has 0 spiro atoms. The molecule has 0 saturated heterocycles. The average Bonchev–Trinajstić information content (AvgIpc) is 2.08. The predicted octanol–water partition coefficient (Wildman–Crippen LogP) is 2.36. The largest absolute Gasteiger partial charge is 0.380 e. The molecule has 0 saturated carbocycles. The first-order chi connectivity index (χ1) is 5.85. The van der Waals surface area contributed by atoms with Crippen molar-refractivity contribution in [2.75, 3.05) is 7.11 Å². The van der Waals surface area contributed by atoms with Crippen molar-refractivity contribution in [3.63, 3.8) is 0 Å². The second-order valence-electron chi connectivity index (χ2n) is 2.14. The van der Waals surface area contributed by atoms with Gasteiger partial charge < -0.3 is 4.74 Å². The Hall–Kier alpha value is -1.33. The molecule has 0 heterocycles. The Bertz CT molecular complexity index is 225. The molecule has 0 bridgehead atoms. The Morgan fingerprint density at radius 3 is 2.25 bits per heavy atom. The van der Waals surface area contributed by atoms with Crippen LogP contribution in [0.3, 0.4) is 0 Å². The maximum Gasteiger partial charge on any atom is 0.0713 e. The van der Waals surface area contributed by atoms with Gasteiger partial charge in [-0.05, 0) is 5.56 Å². The quantitative estimate of drug-likeness (QED) is 0.670. The fourth-order valence-electron chi connectivity index (χ4n) is 0.741. The summed E-state index contributed by atoms with van der Waals surface area (Å²) in [6, 6.07) is 11.9. The van der Waals surface area contributed by atoms with Gasteiger partial charge in [-0.25, -0.2) is 0 Å². The smallest absolute Gasteiger partial charge is 0.0713 e. The maximum absolute atomic E-state index is 7.32. The Labute approximate surface area is 73.4 Å². The Balaban J connectivity index is 0.000000354. The normalized spacial score (nSPS) is 7.75. The van der Waals surface area contributed by atoms with Crippen molar-refractivity contribution in [2.45, 2.75) is 13.5 Å². The molecule has 0 atom stereocenters. The number of benzene rings is 1. The van der Waals surface area contributed by atoms with E-state index in [1.807, 2.05) is 30.3 Å². The van der Waals surface area contributed by atoms with E-state index in [9.17, 15) is 0 Å². The maximum atomic E-state index is 7.32. The minimum Gasteiger partial charge on any atom is -0.380 e. The van der Waals surface area contributed by atoms with Gasteiger partial charge in [0.2, 0.25) is 0 Å². The lowest BCUT2D eigenvalue weighted by atomic mass is 10.2. The molecule has 1 aromatic carbocycles. The zero-order chi connectivity index (χ0) is 9.23. The van der Waals surface area contributed by atoms with Crippen LogP contribution in [-0.4, -0.2) is 7.11 Å². The van der Waals surface area contributed by atoms with Crippen LogP contribution in [0.2, 0.25) is 0 Å². The summed E-state index contributed by atoms with van der Waals surface area (Å²) in [6.07, 6.45) is 0. The molecule has 0 aliphatic carbocycles. The van der Waals surface area contributed by atoms with Gasteiger partial charge in [0.1, 0.15) is 0 Å². The summed E-state index contributed by atoms with van der Waals surface area (Å²) in [5.41, 5.74) is 1.22. The molecule has 1 rings (SSSR count). The number of rotatable bonds is 2. The molecular weight excluding hydrogens is 150 g/mol. The lowest BCUT2D eigenvalue weighted by Gasteiger charge is -1.95. The Kier molecular flexibility index (Phi) is 6.91. The molecule has 1 aromatic rings. The zero-order valence-corrected chi connectivity index (χ0v) is 7.45. The van der Waals surface area contributed by atoms with Crippen LogP contribution >= 0.6 is 0 Å². The van der Waals surface area contributed by atoms with Crippen molar-refractivity contribution in [3.8, 4) is 6.07 Å².